The lowest BCUT2D eigenvalue weighted by molar-refractivity contribution is -0.140. The van der Waals surface area contributed by atoms with Crippen LogP contribution < -0.4 is 10.1 Å². The van der Waals surface area contributed by atoms with Gasteiger partial charge < -0.3 is 19.5 Å². The Morgan fingerprint density at radius 2 is 1.97 bits per heavy atom. The van der Waals surface area contributed by atoms with Gasteiger partial charge in [0, 0.05) is 12.8 Å². The molecule has 1 aromatic heterocycles. The number of allylic oxidation sites excluding steroid dienone is 1. The highest BCUT2D eigenvalue weighted by Gasteiger charge is 2.35. The van der Waals surface area contributed by atoms with Gasteiger partial charge in [-0.1, -0.05) is 31.2 Å². The molecule has 0 amide bonds. The fourth-order valence-electron chi connectivity index (χ4n) is 3.83. The molecule has 162 valence electrons. The number of fused-ring (bicyclic) bond motifs is 3. The number of aromatic nitrogens is 2. The lowest BCUT2D eigenvalue weighted by atomic mass is 9.95. The molecule has 0 saturated heterocycles. The fourth-order valence-corrected chi connectivity index (χ4v) is 3.83. The van der Waals surface area contributed by atoms with Gasteiger partial charge in [-0.3, -0.25) is 4.57 Å². The molecule has 4 rings (SSSR count). The lowest BCUT2D eigenvalue weighted by Crippen LogP contribution is -2.29. The van der Waals surface area contributed by atoms with Gasteiger partial charge in [0.05, 0.1) is 35.9 Å². The van der Waals surface area contributed by atoms with Crippen molar-refractivity contribution in [3.63, 3.8) is 0 Å². The summed E-state index contributed by atoms with van der Waals surface area (Å²) in [4.78, 5) is 17.9. The molecule has 7 nitrogen and oxygen atoms in total. The van der Waals surface area contributed by atoms with Crippen molar-refractivity contribution in [3.05, 3.63) is 65.4 Å². The summed E-state index contributed by atoms with van der Waals surface area (Å²) in [5, 5.41) is 3.29. The number of nitrogens with one attached hydrogen (secondary N) is 1. The van der Waals surface area contributed by atoms with E-state index in [0.29, 0.717) is 24.7 Å². The van der Waals surface area contributed by atoms with Crippen LogP contribution in [0.25, 0.3) is 11.0 Å². The fraction of sp³-hybridized carbons (Fsp3) is 0.333. The van der Waals surface area contributed by atoms with Gasteiger partial charge in [0.25, 0.3) is 0 Å². The highest BCUT2D eigenvalue weighted by Crippen LogP contribution is 2.40. The largest absolute Gasteiger partial charge is 0.494 e. The molecule has 0 aliphatic carbocycles. The zero-order chi connectivity index (χ0) is 21.8. The molecule has 2 heterocycles. The maximum Gasteiger partial charge on any atom is 0.338 e. The topological polar surface area (TPSA) is 74.6 Å². The van der Waals surface area contributed by atoms with Gasteiger partial charge in [-0.2, -0.15) is 0 Å². The quantitative estimate of drug-likeness (QED) is 0.432. The Kier molecular flexibility index (Phi) is 6.23. The average molecular weight is 421 g/mol. The van der Waals surface area contributed by atoms with Crippen LogP contribution in [-0.2, 0) is 14.3 Å². The van der Waals surface area contributed by atoms with Gasteiger partial charge in [0.2, 0.25) is 5.95 Å². The molecular weight excluding hydrogens is 394 g/mol. The third kappa shape index (κ3) is 4.14. The van der Waals surface area contributed by atoms with Crippen molar-refractivity contribution >= 4 is 23.0 Å². The number of imidazole rings is 1. The maximum absolute atomic E-state index is 13.2. The minimum Gasteiger partial charge on any atom is -0.494 e. The first-order chi connectivity index (χ1) is 15.1. The molecule has 1 N–H and O–H groups in total. The number of ether oxygens (including phenoxy) is 3. The predicted octanol–water partition coefficient (Wildman–Crippen LogP) is 4.30. The van der Waals surface area contributed by atoms with E-state index in [1.165, 1.54) is 0 Å². The highest BCUT2D eigenvalue weighted by molar-refractivity contribution is 5.94. The monoisotopic (exact) mass is 421 g/mol. The number of hydrogen-bond donors (Lipinski definition) is 1. The van der Waals surface area contributed by atoms with Crippen molar-refractivity contribution in [2.24, 2.45) is 0 Å². The van der Waals surface area contributed by atoms with Gasteiger partial charge in [0.1, 0.15) is 12.4 Å². The van der Waals surface area contributed by atoms with Crippen molar-refractivity contribution in [1.29, 1.82) is 0 Å². The summed E-state index contributed by atoms with van der Waals surface area (Å²) in [6.45, 7) is 5.11. The molecule has 0 bridgehead atoms. The summed E-state index contributed by atoms with van der Waals surface area (Å²) in [6.07, 6.45) is 0.921. The van der Waals surface area contributed by atoms with Crippen LogP contribution in [0.1, 0.15) is 31.9 Å². The second kappa shape index (κ2) is 9.22. The zero-order valence-electron chi connectivity index (χ0n) is 18.1. The highest BCUT2D eigenvalue weighted by atomic mass is 16.6. The standard InChI is InChI=1S/C24H27N3O4/c1-4-12-30-18-9-7-8-17(15-18)22-21(23(28)31-14-13-29-3)16(2)25-24-26-19-10-5-6-11-20(19)27(22)24/h5-11,15,22H,4,12-14H2,1-3H3,(H,25,26)/t22-/m0/s1. The van der Waals surface area contributed by atoms with Crippen LogP contribution in [0.2, 0.25) is 0 Å². The zero-order valence-corrected chi connectivity index (χ0v) is 18.1. The molecule has 0 spiro atoms. The number of methoxy groups -OCH3 is 1. The van der Waals surface area contributed by atoms with E-state index in [1.54, 1.807) is 7.11 Å². The third-order valence-electron chi connectivity index (χ3n) is 5.22. The second-order valence-corrected chi connectivity index (χ2v) is 7.41. The van der Waals surface area contributed by atoms with Crippen molar-refractivity contribution in [1.82, 2.24) is 9.55 Å². The molecule has 1 aliphatic rings. The molecule has 0 fully saturated rings. The van der Waals surface area contributed by atoms with Crippen molar-refractivity contribution in [2.75, 3.05) is 32.2 Å². The van der Waals surface area contributed by atoms with E-state index < -0.39 is 6.04 Å². The van der Waals surface area contributed by atoms with Gasteiger partial charge in [-0.15, -0.1) is 0 Å². The molecule has 0 unspecified atom stereocenters. The number of nitrogens with zero attached hydrogens (tertiary/aromatic N) is 2. The maximum atomic E-state index is 13.2. The number of carbonyl (C=O) groups excluding carboxylic acids is 1. The van der Waals surface area contributed by atoms with Gasteiger partial charge >= 0.3 is 5.97 Å². The smallest absolute Gasteiger partial charge is 0.338 e. The van der Waals surface area contributed by atoms with Crippen molar-refractivity contribution in [3.8, 4) is 5.75 Å². The number of rotatable bonds is 8. The van der Waals surface area contributed by atoms with Crippen LogP contribution in [-0.4, -0.2) is 42.5 Å². The molecule has 2 aromatic carbocycles. The van der Waals surface area contributed by atoms with Crippen LogP contribution in [0, 0.1) is 0 Å². The summed E-state index contributed by atoms with van der Waals surface area (Å²) in [6, 6.07) is 15.4. The van der Waals surface area contributed by atoms with Crippen molar-refractivity contribution in [2.45, 2.75) is 26.3 Å². The SMILES string of the molecule is CCCOc1cccc([C@H]2C(C(=O)OCCOC)=C(C)Nc3nc4ccccc4n32)c1. The molecule has 7 heteroatoms. The number of esters is 1. The molecule has 0 radical (unpaired) electrons. The Hall–Kier alpha value is -3.32. The van der Waals surface area contributed by atoms with E-state index >= 15 is 0 Å². The third-order valence-corrected chi connectivity index (χ3v) is 5.22. The predicted molar refractivity (Wildman–Crippen MR) is 119 cm³/mol. The van der Waals surface area contributed by atoms with Crippen LogP contribution in [0.15, 0.2) is 59.8 Å². The Balaban J connectivity index is 1.83. The number of para-hydroxylation sites is 2. The summed E-state index contributed by atoms with van der Waals surface area (Å²) >= 11 is 0. The van der Waals surface area contributed by atoms with E-state index in [2.05, 4.69) is 12.2 Å². The van der Waals surface area contributed by atoms with Crippen LogP contribution in [0.4, 0.5) is 5.95 Å². The second-order valence-electron chi connectivity index (χ2n) is 7.41. The Labute approximate surface area is 181 Å². The molecule has 3 aromatic rings. The molecule has 1 aliphatic heterocycles. The lowest BCUT2D eigenvalue weighted by Gasteiger charge is -2.30. The summed E-state index contributed by atoms with van der Waals surface area (Å²) in [5.41, 5.74) is 3.98. The van der Waals surface area contributed by atoms with Gasteiger partial charge in [0.15, 0.2) is 0 Å². The summed E-state index contributed by atoms with van der Waals surface area (Å²) in [7, 11) is 1.58. The first kappa shape index (κ1) is 20.9. The average Bonchev–Trinajstić information content (AvgIpc) is 3.14. The van der Waals surface area contributed by atoms with Gasteiger partial charge in [-0.25, -0.2) is 9.78 Å². The van der Waals surface area contributed by atoms with Gasteiger partial charge in [-0.05, 0) is 43.2 Å². The van der Waals surface area contributed by atoms with E-state index in [4.69, 9.17) is 19.2 Å². The number of anilines is 1. The molecular formula is C24H27N3O4. The van der Waals surface area contributed by atoms with Crippen LogP contribution >= 0.6 is 0 Å². The first-order valence-electron chi connectivity index (χ1n) is 10.5. The van der Waals surface area contributed by atoms with E-state index in [0.717, 1.165) is 34.5 Å². The Morgan fingerprint density at radius 1 is 1.13 bits per heavy atom. The van der Waals surface area contributed by atoms with E-state index in [9.17, 15) is 4.79 Å². The summed E-state index contributed by atoms with van der Waals surface area (Å²) < 4.78 is 18.5. The molecule has 31 heavy (non-hydrogen) atoms. The molecule has 1 atom stereocenters. The minimum absolute atomic E-state index is 0.190. The van der Waals surface area contributed by atoms with E-state index in [1.807, 2.05) is 60.0 Å². The van der Waals surface area contributed by atoms with Crippen molar-refractivity contribution < 1.29 is 19.0 Å². The van der Waals surface area contributed by atoms with Crippen LogP contribution in [0.3, 0.4) is 0 Å². The Bertz CT molecular complexity index is 1120. The summed E-state index contributed by atoms with van der Waals surface area (Å²) in [5.74, 6) is 1.08. The van der Waals surface area contributed by atoms with E-state index in [-0.39, 0.29) is 12.6 Å². The number of carbonyl (C=O) groups is 1. The number of hydrogen-bond acceptors (Lipinski definition) is 6. The Morgan fingerprint density at radius 3 is 2.77 bits per heavy atom. The number of benzene rings is 2. The minimum atomic E-state index is -0.399. The first-order valence-corrected chi connectivity index (χ1v) is 10.5. The normalized spacial score (nSPS) is 15.5. The van der Waals surface area contributed by atoms with Crippen LogP contribution in [0.5, 0.6) is 5.75 Å². The molecule has 0 saturated carbocycles.